The first kappa shape index (κ1) is 18.0. The van der Waals surface area contributed by atoms with E-state index in [2.05, 4.69) is 5.32 Å². The molecular weight excluding hydrogens is 361 g/mol. The molecule has 3 amide bonds. The first-order valence-corrected chi connectivity index (χ1v) is 7.65. The molecule has 1 aliphatic rings. The van der Waals surface area contributed by atoms with E-state index in [0.717, 1.165) is 18.2 Å². The highest BCUT2D eigenvalue weighted by atomic mass is 19.1. The van der Waals surface area contributed by atoms with Crippen molar-refractivity contribution < 1.29 is 33.0 Å². The molecule has 2 aromatic carbocycles. The molecule has 9 nitrogen and oxygen atoms in total. The third-order valence-electron chi connectivity index (χ3n) is 3.45. The molecule has 27 heavy (non-hydrogen) atoms. The van der Waals surface area contributed by atoms with Crippen LogP contribution in [0.2, 0.25) is 0 Å². The number of amides is 3. The smallest absolute Gasteiger partial charge is 0.340 e. The lowest BCUT2D eigenvalue weighted by Gasteiger charge is -2.09. The van der Waals surface area contributed by atoms with E-state index in [0.29, 0.717) is 17.2 Å². The summed E-state index contributed by atoms with van der Waals surface area (Å²) in [5, 5.41) is 4.43. The summed E-state index contributed by atoms with van der Waals surface area (Å²) in [5.74, 6) is -1.38. The van der Waals surface area contributed by atoms with Crippen LogP contribution in [-0.2, 0) is 9.53 Å². The average Bonchev–Trinajstić information content (AvgIpc) is 3.07. The monoisotopic (exact) mass is 375 g/mol. The molecule has 2 aromatic rings. The van der Waals surface area contributed by atoms with Crippen molar-refractivity contribution in [3.05, 3.63) is 47.8 Å². The van der Waals surface area contributed by atoms with Gasteiger partial charge in [-0.05, 0) is 30.3 Å². The fourth-order valence-corrected chi connectivity index (χ4v) is 2.23. The summed E-state index contributed by atoms with van der Waals surface area (Å²) in [7, 11) is 0. The normalized spacial score (nSPS) is 11.6. The van der Waals surface area contributed by atoms with Crippen molar-refractivity contribution in [1.29, 1.82) is 0 Å². The molecule has 0 bridgehead atoms. The van der Waals surface area contributed by atoms with E-state index in [1.54, 1.807) is 12.1 Å². The van der Waals surface area contributed by atoms with E-state index in [9.17, 15) is 18.8 Å². The van der Waals surface area contributed by atoms with Crippen LogP contribution in [0.15, 0.2) is 36.4 Å². The molecule has 10 heteroatoms. The Morgan fingerprint density at radius 1 is 1.11 bits per heavy atom. The first-order valence-electron chi connectivity index (χ1n) is 7.65. The molecule has 0 saturated heterocycles. The number of nitrogens with two attached hydrogens (primary N) is 1. The highest BCUT2D eigenvalue weighted by molar-refractivity contribution is 6.03. The summed E-state index contributed by atoms with van der Waals surface area (Å²) in [6.45, 7) is -0.627. The molecule has 0 aliphatic carbocycles. The van der Waals surface area contributed by atoms with Gasteiger partial charge in [0.15, 0.2) is 18.1 Å². The van der Waals surface area contributed by atoms with Gasteiger partial charge in [-0.25, -0.2) is 14.0 Å². The highest BCUT2D eigenvalue weighted by Gasteiger charge is 2.17. The summed E-state index contributed by atoms with van der Waals surface area (Å²) in [5.41, 5.74) is 5.67. The number of halogens is 1. The van der Waals surface area contributed by atoms with Crippen LogP contribution in [0, 0.1) is 5.82 Å². The number of urea groups is 1. The van der Waals surface area contributed by atoms with E-state index < -0.39 is 30.3 Å². The van der Waals surface area contributed by atoms with Crippen molar-refractivity contribution in [2.24, 2.45) is 0 Å². The third kappa shape index (κ3) is 4.42. The second-order valence-electron chi connectivity index (χ2n) is 5.38. The average molecular weight is 375 g/mol. The molecule has 0 saturated carbocycles. The van der Waals surface area contributed by atoms with Crippen molar-refractivity contribution in [1.82, 2.24) is 5.32 Å². The number of benzene rings is 2. The fourth-order valence-electron chi connectivity index (χ4n) is 2.23. The lowest BCUT2D eigenvalue weighted by Crippen LogP contribution is -2.37. The zero-order chi connectivity index (χ0) is 19.4. The van der Waals surface area contributed by atoms with Gasteiger partial charge >= 0.3 is 12.0 Å². The number of nitrogen functional groups attached to an aromatic ring is 1. The Morgan fingerprint density at radius 2 is 1.89 bits per heavy atom. The molecule has 1 aliphatic heterocycles. The predicted octanol–water partition coefficient (Wildman–Crippen LogP) is 1.64. The van der Waals surface area contributed by atoms with Crippen LogP contribution in [0.3, 0.4) is 0 Å². The molecule has 1 heterocycles. The van der Waals surface area contributed by atoms with Gasteiger partial charge in [0.2, 0.25) is 6.79 Å². The SMILES string of the molecule is Nc1cc(F)ccc1C(=O)OCC(=O)NC(=O)Nc1ccc2c(c1)OCO2. The zero-order valence-electron chi connectivity index (χ0n) is 13.8. The van der Waals surface area contributed by atoms with Crippen LogP contribution in [0.25, 0.3) is 0 Å². The summed E-state index contributed by atoms with van der Waals surface area (Å²) < 4.78 is 28.0. The molecule has 140 valence electrons. The van der Waals surface area contributed by atoms with Gasteiger partial charge in [0.1, 0.15) is 5.82 Å². The number of anilines is 2. The Bertz CT molecular complexity index is 918. The molecule has 4 N–H and O–H groups in total. The number of hydrogen-bond donors (Lipinski definition) is 3. The molecule has 0 unspecified atom stereocenters. The minimum atomic E-state index is -0.918. The third-order valence-corrected chi connectivity index (χ3v) is 3.45. The largest absolute Gasteiger partial charge is 0.454 e. The standard InChI is InChI=1S/C17H14FN3O6/c18-9-1-3-11(12(19)5-9)16(23)25-7-15(22)21-17(24)20-10-2-4-13-14(6-10)27-8-26-13/h1-6H,7-8,19H2,(H2,20,21,22,24). The van der Waals surface area contributed by atoms with Crippen molar-refractivity contribution in [2.45, 2.75) is 0 Å². The number of imide groups is 1. The number of hydrogen-bond acceptors (Lipinski definition) is 7. The first-order chi connectivity index (χ1) is 12.9. The minimum absolute atomic E-state index is 0.0889. The van der Waals surface area contributed by atoms with E-state index in [4.69, 9.17) is 19.9 Å². The molecule has 0 spiro atoms. The number of fused-ring (bicyclic) bond motifs is 1. The van der Waals surface area contributed by atoms with Crippen molar-refractivity contribution in [3.63, 3.8) is 0 Å². The topological polar surface area (TPSA) is 129 Å². The Kier molecular flexibility index (Phi) is 5.06. The van der Waals surface area contributed by atoms with Gasteiger partial charge in [0.25, 0.3) is 5.91 Å². The maximum Gasteiger partial charge on any atom is 0.340 e. The van der Waals surface area contributed by atoms with Gasteiger partial charge in [0.05, 0.1) is 5.56 Å². The Hall–Kier alpha value is -3.82. The zero-order valence-corrected chi connectivity index (χ0v) is 13.8. The van der Waals surface area contributed by atoms with E-state index >= 15 is 0 Å². The van der Waals surface area contributed by atoms with Crippen LogP contribution in [0.5, 0.6) is 11.5 Å². The lowest BCUT2D eigenvalue weighted by molar-refractivity contribution is -0.123. The quantitative estimate of drug-likeness (QED) is 0.547. The number of carbonyl (C=O) groups is 3. The number of ether oxygens (including phenoxy) is 3. The van der Waals surface area contributed by atoms with E-state index in [-0.39, 0.29) is 18.0 Å². The van der Waals surface area contributed by atoms with Crippen LogP contribution in [0.4, 0.5) is 20.6 Å². The maximum atomic E-state index is 13.0. The summed E-state index contributed by atoms with van der Waals surface area (Å²) >= 11 is 0. The van der Waals surface area contributed by atoms with Gasteiger partial charge in [0, 0.05) is 17.4 Å². The van der Waals surface area contributed by atoms with Gasteiger partial charge in [-0.15, -0.1) is 0 Å². The summed E-state index contributed by atoms with van der Waals surface area (Å²) in [6, 6.07) is 7.00. The molecule has 0 atom stereocenters. The van der Waals surface area contributed by atoms with Crippen LogP contribution < -0.4 is 25.8 Å². The van der Waals surface area contributed by atoms with Gasteiger partial charge in [-0.3, -0.25) is 10.1 Å². The van der Waals surface area contributed by atoms with E-state index in [1.807, 2.05) is 5.32 Å². The minimum Gasteiger partial charge on any atom is -0.454 e. The Morgan fingerprint density at radius 3 is 2.67 bits per heavy atom. The number of carbonyl (C=O) groups excluding carboxylic acids is 3. The van der Waals surface area contributed by atoms with Gasteiger partial charge in [-0.2, -0.15) is 0 Å². The van der Waals surface area contributed by atoms with Crippen molar-refractivity contribution in [2.75, 3.05) is 24.5 Å². The molecule has 0 aromatic heterocycles. The summed E-state index contributed by atoms with van der Waals surface area (Å²) in [4.78, 5) is 35.4. The number of nitrogens with one attached hydrogen (secondary N) is 2. The summed E-state index contributed by atoms with van der Waals surface area (Å²) in [6.07, 6.45) is 0. The molecule has 3 rings (SSSR count). The molecular formula is C17H14FN3O6. The molecule has 0 radical (unpaired) electrons. The second-order valence-corrected chi connectivity index (χ2v) is 5.38. The maximum absolute atomic E-state index is 13.0. The fraction of sp³-hybridized carbons (Fsp3) is 0.118. The highest BCUT2D eigenvalue weighted by Crippen LogP contribution is 2.34. The Labute approximate surface area is 152 Å². The predicted molar refractivity (Wildman–Crippen MR) is 90.8 cm³/mol. The van der Waals surface area contributed by atoms with Crippen LogP contribution >= 0.6 is 0 Å². The van der Waals surface area contributed by atoms with Crippen molar-refractivity contribution in [3.8, 4) is 11.5 Å². The number of rotatable bonds is 4. The molecule has 0 fully saturated rings. The van der Waals surface area contributed by atoms with Gasteiger partial charge in [-0.1, -0.05) is 0 Å². The van der Waals surface area contributed by atoms with Crippen LogP contribution in [-0.4, -0.2) is 31.3 Å². The lowest BCUT2D eigenvalue weighted by atomic mass is 10.2. The van der Waals surface area contributed by atoms with E-state index in [1.165, 1.54) is 6.07 Å². The number of esters is 1. The van der Waals surface area contributed by atoms with Gasteiger partial charge < -0.3 is 25.3 Å². The van der Waals surface area contributed by atoms with Crippen LogP contribution in [0.1, 0.15) is 10.4 Å². The van der Waals surface area contributed by atoms with Crippen molar-refractivity contribution >= 4 is 29.3 Å². The second kappa shape index (κ2) is 7.60. The Balaban J connectivity index is 1.48.